The van der Waals surface area contributed by atoms with E-state index in [9.17, 15) is 18.0 Å². The molecular formula is C17H11Cl2F3N4O. The van der Waals surface area contributed by atoms with Crippen molar-refractivity contribution in [2.75, 3.05) is 5.32 Å². The first-order valence-corrected chi connectivity index (χ1v) is 8.29. The number of halogens is 5. The van der Waals surface area contributed by atoms with Crippen LogP contribution in [0, 0.1) is 6.92 Å². The van der Waals surface area contributed by atoms with E-state index in [1.54, 1.807) is 30.3 Å². The number of carbonyl (C=O) groups is 1. The van der Waals surface area contributed by atoms with Crippen molar-refractivity contribution in [1.82, 2.24) is 15.0 Å². The zero-order chi connectivity index (χ0) is 19.8. The largest absolute Gasteiger partial charge is 0.416 e. The number of carbonyl (C=O) groups excluding carboxylic acids is 1. The number of alkyl halides is 3. The summed E-state index contributed by atoms with van der Waals surface area (Å²) in [6.07, 6.45) is -4.60. The first-order chi connectivity index (χ1) is 12.7. The number of aromatic nitrogens is 3. The number of rotatable bonds is 3. The Kier molecular flexibility index (Phi) is 5.12. The van der Waals surface area contributed by atoms with Crippen molar-refractivity contribution in [2.45, 2.75) is 13.1 Å². The van der Waals surface area contributed by atoms with E-state index in [0.717, 1.165) is 16.9 Å². The van der Waals surface area contributed by atoms with Gasteiger partial charge in [0.05, 0.1) is 21.3 Å². The Hall–Kier alpha value is -2.58. The number of para-hydroxylation sites is 1. The molecule has 1 amide bonds. The molecule has 5 nitrogen and oxygen atoms in total. The van der Waals surface area contributed by atoms with E-state index in [1.807, 2.05) is 0 Å². The highest BCUT2D eigenvalue weighted by Crippen LogP contribution is 2.37. The van der Waals surface area contributed by atoms with Gasteiger partial charge in [-0.25, -0.2) is 0 Å². The van der Waals surface area contributed by atoms with Gasteiger partial charge in [0.1, 0.15) is 5.69 Å². The maximum absolute atomic E-state index is 12.9. The zero-order valence-corrected chi connectivity index (χ0v) is 15.2. The maximum atomic E-state index is 12.9. The lowest BCUT2D eigenvalue weighted by Gasteiger charge is -2.11. The van der Waals surface area contributed by atoms with Gasteiger partial charge in [-0.1, -0.05) is 41.4 Å². The van der Waals surface area contributed by atoms with E-state index in [1.165, 1.54) is 6.92 Å². The van der Waals surface area contributed by atoms with Crippen LogP contribution in [0.5, 0.6) is 0 Å². The highest BCUT2D eigenvalue weighted by molar-refractivity contribution is 6.37. The highest BCUT2D eigenvalue weighted by Gasteiger charge is 2.32. The summed E-state index contributed by atoms with van der Waals surface area (Å²) in [6, 6.07) is 10.1. The van der Waals surface area contributed by atoms with E-state index in [-0.39, 0.29) is 27.1 Å². The van der Waals surface area contributed by atoms with Gasteiger partial charge in [0.25, 0.3) is 5.91 Å². The molecule has 0 bridgehead atoms. The molecule has 0 saturated carbocycles. The number of anilines is 1. The fourth-order valence-electron chi connectivity index (χ4n) is 2.32. The number of nitrogens with zero attached hydrogens (tertiary/aromatic N) is 3. The van der Waals surface area contributed by atoms with Crippen LogP contribution < -0.4 is 5.32 Å². The van der Waals surface area contributed by atoms with Crippen molar-refractivity contribution in [1.29, 1.82) is 0 Å². The molecule has 3 aromatic rings. The normalized spacial score (nSPS) is 11.5. The molecule has 0 spiro atoms. The Bertz CT molecular complexity index is 980. The molecule has 2 aromatic carbocycles. The first-order valence-electron chi connectivity index (χ1n) is 7.54. The first kappa shape index (κ1) is 19.2. The molecule has 0 aliphatic heterocycles. The van der Waals surface area contributed by atoms with Crippen molar-refractivity contribution < 1.29 is 18.0 Å². The van der Waals surface area contributed by atoms with Gasteiger partial charge in [0.2, 0.25) is 0 Å². The second kappa shape index (κ2) is 7.21. The molecule has 3 rings (SSSR count). The molecule has 1 aromatic heterocycles. The van der Waals surface area contributed by atoms with Crippen LogP contribution in [-0.2, 0) is 6.18 Å². The average Bonchev–Trinajstić information content (AvgIpc) is 2.95. The molecule has 0 atom stereocenters. The molecule has 0 fully saturated rings. The van der Waals surface area contributed by atoms with E-state index < -0.39 is 17.6 Å². The summed E-state index contributed by atoms with van der Waals surface area (Å²) in [5, 5.41) is 10.2. The molecule has 10 heteroatoms. The molecule has 1 heterocycles. The predicted molar refractivity (Wildman–Crippen MR) is 95.5 cm³/mol. The summed E-state index contributed by atoms with van der Waals surface area (Å²) in [5.74, 6) is -0.524. The van der Waals surface area contributed by atoms with Crippen LogP contribution in [0.25, 0.3) is 5.69 Å². The summed E-state index contributed by atoms with van der Waals surface area (Å²) in [7, 11) is 0. The van der Waals surface area contributed by atoms with Gasteiger partial charge < -0.3 is 5.32 Å². The number of hydrogen-bond donors (Lipinski definition) is 1. The van der Waals surface area contributed by atoms with Crippen LogP contribution in [0.1, 0.15) is 21.7 Å². The third kappa shape index (κ3) is 4.06. The number of amides is 1. The van der Waals surface area contributed by atoms with Crippen LogP contribution in [0.3, 0.4) is 0 Å². The van der Waals surface area contributed by atoms with Crippen molar-refractivity contribution in [3.63, 3.8) is 0 Å². The Balaban J connectivity index is 1.96. The number of aryl methyl sites for hydroxylation is 1. The van der Waals surface area contributed by atoms with Crippen molar-refractivity contribution in [2.24, 2.45) is 0 Å². The van der Waals surface area contributed by atoms with E-state index in [0.29, 0.717) is 5.69 Å². The van der Waals surface area contributed by atoms with Gasteiger partial charge >= 0.3 is 6.18 Å². The number of benzene rings is 2. The number of nitrogens with one attached hydrogen (secondary N) is 1. The van der Waals surface area contributed by atoms with Crippen molar-refractivity contribution in [3.8, 4) is 5.69 Å². The SMILES string of the molecule is Cc1nn(-c2c(Cl)cc(C(F)(F)F)cc2Cl)nc1C(=O)Nc1ccccc1. The minimum Gasteiger partial charge on any atom is -0.321 e. The summed E-state index contributed by atoms with van der Waals surface area (Å²) in [4.78, 5) is 13.3. The lowest BCUT2D eigenvalue weighted by Crippen LogP contribution is -2.14. The van der Waals surface area contributed by atoms with Crippen LogP contribution in [0.2, 0.25) is 10.0 Å². The van der Waals surface area contributed by atoms with Gasteiger partial charge in [-0.2, -0.15) is 18.3 Å². The third-order valence-electron chi connectivity index (χ3n) is 3.57. The van der Waals surface area contributed by atoms with E-state index in [4.69, 9.17) is 23.2 Å². The van der Waals surface area contributed by atoms with E-state index in [2.05, 4.69) is 15.5 Å². The monoisotopic (exact) mass is 414 g/mol. The zero-order valence-electron chi connectivity index (χ0n) is 13.7. The fourth-order valence-corrected chi connectivity index (χ4v) is 2.96. The van der Waals surface area contributed by atoms with Crippen LogP contribution >= 0.6 is 23.2 Å². The molecule has 27 heavy (non-hydrogen) atoms. The molecule has 0 aliphatic rings. The van der Waals surface area contributed by atoms with Gasteiger partial charge in [-0.05, 0) is 31.2 Å². The molecule has 0 unspecified atom stereocenters. The highest BCUT2D eigenvalue weighted by atomic mass is 35.5. The van der Waals surface area contributed by atoms with Crippen LogP contribution in [-0.4, -0.2) is 20.9 Å². The average molecular weight is 415 g/mol. The number of hydrogen-bond acceptors (Lipinski definition) is 3. The van der Waals surface area contributed by atoms with Crippen LogP contribution in [0.4, 0.5) is 18.9 Å². The summed E-state index contributed by atoms with van der Waals surface area (Å²) < 4.78 is 38.6. The second-order valence-corrected chi connectivity index (χ2v) is 6.34. The Morgan fingerprint density at radius 3 is 2.22 bits per heavy atom. The lowest BCUT2D eigenvalue weighted by atomic mass is 10.2. The Labute approximate surface area is 161 Å². The quantitative estimate of drug-likeness (QED) is 0.644. The van der Waals surface area contributed by atoms with E-state index >= 15 is 0 Å². The topological polar surface area (TPSA) is 59.8 Å². The third-order valence-corrected chi connectivity index (χ3v) is 4.15. The standard InChI is InChI=1S/C17H11Cl2F3N4O/c1-9-14(16(27)23-11-5-3-2-4-6-11)25-26(24-9)15-12(18)7-10(8-13(15)19)17(20,21)22/h2-8H,1H3,(H,23,27). The smallest absolute Gasteiger partial charge is 0.321 e. The Morgan fingerprint density at radius 2 is 1.67 bits per heavy atom. The van der Waals surface area contributed by atoms with Crippen LogP contribution in [0.15, 0.2) is 42.5 Å². The minimum atomic E-state index is -4.60. The lowest BCUT2D eigenvalue weighted by molar-refractivity contribution is -0.137. The molecule has 0 saturated heterocycles. The maximum Gasteiger partial charge on any atom is 0.416 e. The molecule has 140 valence electrons. The summed E-state index contributed by atoms with van der Waals surface area (Å²) in [5.41, 5.74) is -0.233. The fraction of sp³-hybridized carbons (Fsp3) is 0.118. The second-order valence-electron chi connectivity index (χ2n) is 5.53. The Morgan fingerprint density at radius 1 is 1.07 bits per heavy atom. The minimum absolute atomic E-state index is 0.00844. The van der Waals surface area contributed by atoms with Gasteiger partial charge in [0.15, 0.2) is 5.69 Å². The summed E-state index contributed by atoms with van der Waals surface area (Å²) >= 11 is 11.9. The molecule has 0 aliphatic carbocycles. The molecule has 0 radical (unpaired) electrons. The molecule has 1 N–H and O–H groups in total. The van der Waals surface area contributed by atoms with Gasteiger partial charge in [-0.3, -0.25) is 4.79 Å². The van der Waals surface area contributed by atoms with Gasteiger partial charge in [0, 0.05) is 5.69 Å². The van der Waals surface area contributed by atoms with Crippen molar-refractivity contribution in [3.05, 3.63) is 69.5 Å². The molecular weight excluding hydrogens is 404 g/mol. The van der Waals surface area contributed by atoms with Crippen molar-refractivity contribution >= 4 is 34.8 Å². The summed E-state index contributed by atoms with van der Waals surface area (Å²) in [6.45, 7) is 1.54. The van der Waals surface area contributed by atoms with Gasteiger partial charge in [-0.15, -0.1) is 9.90 Å². The predicted octanol–water partition coefficient (Wildman–Crippen LogP) is 5.15.